The van der Waals surface area contributed by atoms with Gasteiger partial charge in [0, 0.05) is 38.4 Å². The molecule has 3 heterocycles. The number of nitrogens with zero attached hydrogens (tertiary/aromatic N) is 3. The van der Waals surface area contributed by atoms with Gasteiger partial charge in [-0.15, -0.1) is 0 Å². The van der Waals surface area contributed by atoms with Crippen molar-refractivity contribution in [3.8, 4) is 11.6 Å². The Morgan fingerprint density at radius 3 is 2.73 bits per heavy atom. The number of likely N-dealkylation sites (tertiary alicyclic amines) is 1. The molecule has 1 aromatic heterocycles. The number of aromatic nitrogens is 1. The number of aliphatic hydroxyl groups excluding tert-OH is 1. The van der Waals surface area contributed by atoms with Crippen molar-refractivity contribution in [3.05, 3.63) is 53.7 Å². The topological polar surface area (TPSA) is 75.1 Å². The minimum atomic E-state index is -0.478. The molecule has 2 aliphatic heterocycles. The average molecular weight is 409 g/mol. The van der Waals surface area contributed by atoms with Crippen molar-refractivity contribution in [1.29, 1.82) is 0 Å². The lowest BCUT2D eigenvalue weighted by Gasteiger charge is -2.26. The van der Waals surface area contributed by atoms with Gasteiger partial charge in [-0.05, 0) is 42.0 Å². The van der Waals surface area contributed by atoms with Crippen LogP contribution in [0.3, 0.4) is 0 Å². The second-order valence-corrected chi connectivity index (χ2v) is 8.63. The van der Waals surface area contributed by atoms with E-state index >= 15 is 0 Å². The number of piperidine rings is 1. The Morgan fingerprint density at radius 1 is 1.27 bits per heavy atom. The number of amides is 1. The van der Waals surface area contributed by atoms with Gasteiger partial charge in [-0.3, -0.25) is 9.69 Å². The van der Waals surface area contributed by atoms with E-state index in [1.807, 2.05) is 12.1 Å². The Bertz CT molecular complexity index is 892. The number of hydrogen-bond acceptors (Lipinski definition) is 6. The summed E-state index contributed by atoms with van der Waals surface area (Å²) in [4.78, 5) is 19.8. The van der Waals surface area contributed by atoms with Crippen LogP contribution in [0.15, 0.2) is 42.6 Å². The zero-order chi connectivity index (χ0) is 20.7. The van der Waals surface area contributed by atoms with Gasteiger partial charge in [0.25, 0.3) is 5.88 Å². The van der Waals surface area contributed by atoms with E-state index in [2.05, 4.69) is 34.1 Å². The van der Waals surface area contributed by atoms with Crippen LogP contribution in [-0.2, 0) is 11.3 Å². The van der Waals surface area contributed by atoms with E-state index in [-0.39, 0.29) is 6.10 Å². The highest BCUT2D eigenvalue weighted by molar-refractivity contribution is 5.49. The highest BCUT2D eigenvalue weighted by Gasteiger charge is 2.58. The van der Waals surface area contributed by atoms with Crippen molar-refractivity contribution < 1.29 is 19.4 Å². The lowest BCUT2D eigenvalue weighted by Crippen LogP contribution is -2.37. The summed E-state index contributed by atoms with van der Waals surface area (Å²) in [6, 6.07) is 12.5. The maximum absolute atomic E-state index is 11.3. The molecule has 1 amide bonds. The summed E-state index contributed by atoms with van der Waals surface area (Å²) in [7, 11) is 0. The van der Waals surface area contributed by atoms with Crippen LogP contribution in [-0.4, -0.2) is 64.7 Å². The van der Waals surface area contributed by atoms with E-state index in [1.165, 1.54) is 5.56 Å². The zero-order valence-electron chi connectivity index (χ0n) is 17.1. The third-order valence-corrected chi connectivity index (χ3v) is 6.36. The molecular weight excluding hydrogens is 382 g/mol. The predicted molar refractivity (Wildman–Crippen MR) is 110 cm³/mol. The molecule has 1 aliphatic carbocycles. The van der Waals surface area contributed by atoms with Gasteiger partial charge in [-0.25, -0.2) is 4.98 Å². The lowest BCUT2D eigenvalue weighted by atomic mass is 10.1. The van der Waals surface area contributed by atoms with E-state index in [0.717, 1.165) is 31.6 Å². The molecule has 3 aliphatic rings. The molecule has 5 rings (SSSR count). The normalized spacial score (nSPS) is 27.9. The third-order valence-electron chi connectivity index (χ3n) is 6.36. The number of carbonyl (C=O) groups is 1. The predicted octanol–water partition coefficient (Wildman–Crippen LogP) is 1.86. The van der Waals surface area contributed by atoms with Crippen molar-refractivity contribution in [3.63, 3.8) is 0 Å². The van der Waals surface area contributed by atoms with Crippen LogP contribution in [0.2, 0.25) is 0 Å². The smallest absolute Gasteiger partial charge is 0.257 e. The number of pyridine rings is 1. The molecule has 1 N–H and O–H groups in total. The molecule has 2 fully saturated rings. The molecule has 1 aromatic carbocycles. The van der Waals surface area contributed by atoms with Gasteiger partial charge >= 0.3 is 0 Å². The summed E-state index contributed by atoms with van der Waals surface area (Å²) < 4.78 is 11.8. The maximum Gasteiger partial charge on any atom is 0.257 e. The lowest BCUT2D eigenvalue weighted by molar-refractivity contribution is -0.120. The third kappa shape index (κ3) is 3.75. The average Bonchev–Trinajstić information content (AvgIpc) is 3.26. The van der Waals surface area contributed by atoms with Crippen LogP contribution >= 0.6 is 0 Å². The number of hydrogen-bond donors (Lipinski definition) is 1. The van der Waals surface area contributed by atoms with Crippen molar-refractivity contribution in [2.24, 2.45) is 11.8 Å². The summed E-state index contributed by atoms with van der Waals surface area (Å²) in [5.74, 6) is 2.31. The van der Waals surface area contributed by atoms with Gasteiger partial charge in [-0.1, -0.05) is 24.3 Å². The van der Waals surface area contributed by atoms with E-state index in [9.17, 15) is 9.90 Å². The molecule has 7 heteroatoms. The Balaban J connectivity index is 1.15. The fourth-order valence-corrected chi connectivity index (χ4v) is 4.91. The first-order chi connectivity index (χ1) is 14.6. The van der Waals surface area contributed by atoms with Gasteiger partial charge in [-0.2, -0.15) is 0 Å². The molecule has 0 radical (unpaired) electrons. The van der Waals surface area contributed by atoms with Gasteiger partial charge in [0.2, 0.25) is 6.41 Å². The number of fused-ring (bicyclic) bond motifs is 2. The minimum Gasteiger partial charge on any atom is -0.484 e. The standard InChI is InChI=1S/C23H27N3O4/c1-15(28)9-26(14-27)22-18-11-25(12-19(18)22)10-16-4-6-17(7-5-16)21-13-29-20-3-2-8-24-23(20)30-21/h2-8,14-15,18-19,21-22,28H,9-13H2,1H3/t15-,18+,19+,21+/m0/s1. The van der Waals surface area contributed by atoms with Crippen LogP contribution in [0.25, 0.3) is 0 Å². The molecule has 0 spiro atoms. The molecule has 2 aromatic rings. The number of benzene rings is 1. The molecule has 1 saturated heterocycles. The van der Waals surface area contributed by atoms with E-state index in [0.29, 0.717) is 42.7 Å². The first-order valence-corrected chi connectivity index (χ1v) is 10.6. The first kappa shape index (κ1) is 19.3. The maximum atomic E-state index is 11.3. The fraction of sp³-hybridized carbons (Fsp3) is 0.478. The second kappa shape index (κ2) is 7.89. The molecule has 1 saturated carbocycles. The Kier molecular flexibility index (Phi) is 5.08. The molecule has 7 nitrogen and oxygen atoms in total. The van der Waals surface area contributed by atoms with Crippen LogP contribution in [0.5, 0.6) is 11.6 Å². The molecule has 0 unspecified atom stereocenters. The van der Waals surface area contributed by atoms with Crippen LogP contribution in [0.4, 0.5) is 0 Å². The quantitative estimate of drug-likeness (QED) is 0.704. The molecular formula is C23H27N3O4. The summed E-state index contributed by atoms with van der Waals surface area (Å²) >= 11 is 0. The summed E-state index contributed by atoms with van der Waals surface area (Å²) in [6.07, 6.45) is 1.97. The molecule has 0 bridgehead atoms. The zero-order valence-corrected chi connectivity index (χ0v) is 17.1. The number of aliphatic hydroxyl groups is 1. The number of ether oxygens (including phenoxy) is 2. The van der Waals surface area contributed by atoms with E-state index in [4.69, 9.17) is 9.47 Å². The Labute approximate surface area is 176 Å². The highest BCUT2D eigenvalue weighted by atomic mass is 16.6. The minimum absolute atomic E-state index is 0.148. The van der Waals surface area contributed by atoms with Gasteiger partial charge in [0.1, 0.15) is 6.61 Å². The van der Waals surface area contributed by atoms with Gasteiger partial charge < -0.3 is 19.5 Å². The van der Waals surface area contributed by atoms with Crippen molar-refractivity contribution in [2.45, 2.75) is 31.7 Å². The number of rotatable bonds is 7. The molecule has 158 valence electrons. The van der Waals surface area contributed by atoms with Crippen molar-refractivity contribution in [2.75, 3.05) is 26.2 Å². The Hall–Kier alpha value is -2.64. The first-order valence-electron chi connectivity index (χ1n) is 10.6. The number of carbonyl (C=O) groups excluding carboxylic acids is 1. The SMILES string of the molecule is C[C@H](O)CN(C=O)C1[C@@H]2CN(Cc3ccc([C@H]4COc5cccnc5O4)cc3)C[C@@H]12. The second-order valence-electron chi connectivity index (χ2n) is 8.63. The van der Waals surface area contributed by atoms with E-state index in [1.54, 1.807) is 18.0 Å². The highest BCUT2D eigenvalue weighted by Crippen LogP contribution is 2.48. The van der Waals surface area contributed by atoms with Crippen LogP contribution < -0.4 is 9.47 Å². The van der Waals surface area contributed by atoms with Crippen LogP contribution in [0.1, 0.15) is 24.2 Å². The Morgan fingerprint density at radius 2 is 2.03 bits per heavy atom. The summed E-state index contributed by atoms with van der Waals surface area (Å²) in [5, 5.41) is 9.57. The largest absolute Gasteiger partial charge is 0.484 e. The molecule has 4 atom stereocenters. The van der Waals surface area contributed by atoms with Gasteiger partial charge in [0.05, 0.1) is 6.10 Å². The van der Waals surface area contributed by atoms with Crippen LogP contribution in [0, 0.1) is 11.8 Å². The van der Waals surface area contributed by atoms with Gasteiger partial charge in [0.15, 0.2) is 11.9 Å². The van der Waals surface area contributed by atoms with Crippen molar-refractivity contribution in [1.82, 2.24) is 14.8 Å². The molecule has 30 heavy (non-hydrogen) atoms. The van der Waals surface area contributed by atoms with E-state index < -0.39 is 6.10 Å². The monoisotopic (exact) mass is 409 g/mol. The summed E-state index contributed by atoms with van der Waals surface area (Å²) in [5.41, 5.74) is 2.35. The van der Waals surface area contributed by atoms with Crippen molar-refractivity contribution >= 4 is 6.41 Å². The summed E-state index contributed by atoms with van der Waals surface area (Å²) in [6.45, 7) is 5.55. The fourth-order valence-electron chi connectivity index (χ4n) is 4.91.